The fraction of sp³-hybridized carbons (Fsp3) is 0.500. The highest BCUT2D eigenvalue weighted by Gasteiger charge is 2.31. The summed E-state index contributed by atoms with van der Waals surface area (Å²) in [7, 11) is 0. The zero-order valence-corrected chi connectivity index (χ0v) is 16.0. The fourth-order valence-electron chi connectivity index (χ4n) is 2.12. The van der Waals surface area contributed by atoms with Crippen molar-refractivity contribution in [3.05, 3.63) is 23.8 Å². The van der Waals surface area contributed by atoms with Crippen LogP contribution >= 0.6 is 0 Å². The maximum absolute atomic E-state index is 12.5. The monoisotopic (exact) mass is 363 g/mol. The number of hydrogen-bond acceptors (Lipinski definition) is 7. The van der Waals surface area contributed by atoms with Gasteiger partial charge in [0.1, 0.15) is 11.2 Å². The van der Waals surface area contributed by atoms with Gasteiger partial charge in [0.2, 0.25) is 0 Å². The van der Waals surface area contributed by atoms with Crippen molar-refractivity contribution in [2.75, 3.05) is 5.73 Å². The second-order valence-corrected chi connectivity index (χ2v) is 7.95. The fourth-order valence-corrected chi connectivity index (χ4v) is 2.12. The minimum atomic E-state index is -0.787. The molecule has 0 bridgehead atoms. The third-order valence-corrected chi connectivity index (χ3v) is 3.13. The molecule has 2 aromatic rings. The molecule has 2 rings (SSSR count). The molecular formula is C18H25N3O5. The first-order chi connectivity index (χ1) is 11.9. The number of amides is 2. The van der Waals surface area contributed by atoms with E-state index in [1.807, 2.05) is 0 Å². The van der Waals surface area contributed by atoms with Gasteiger partial charge in [0.25, 0.3) is 0 Å². The molecule has 0 unspecified atom stereocenters. The lowest BCUT2D eigenvalue weighted by Gasteiger charge is -2.28. The number of imide groups is 1. The number of hydrogen-bond donors (Lipinski definition) is 1. The van der Waals surface area contributed by atoms with Crippen molar-refractivity contribution in [1.82, 2.24) is 10.1 Å². The Morgan fingerprint density at radius 2 is 1.62 bits per heavy atom. The van der Waals surface area contributed by atoms with E-state index in [4.69, 9.17) is 19.7 Å². The standard InChI is InChI=1S/C18H25N3O5/c1-17(2,3)24-15(22)21(16(23)25-18(4,5)6)10-11-7-8-13-12(9-11)14(19)20-26-13/h7-9H,10H2,1-6H3,(H2,19,20). The Morgan fingerprint density at radius 3 is 2.12 bits per heavy atom. The smallest absolute Gasteiger partial charge is 0.420 e. The van der Waals surface area contributed by atoms with Gasteiger partial charge in [-0.15, -0.1) is 0 Å². The van der Waals surface area contributed by atoms with Crippen LogP contribution in [0.15, 0.2) is 22.7 Å². The number of nitrogen functional groups attached to an aromatic ring is 1. The summed E-state index contributed by atoms with van der Waals surface area (Å²) < 4.78 is 15.7. The van der Waals surface area contributed by atoms with E-state index in [2.05, 4.69) is 5.16 Å². The number of fused-ring (bicyclic) bond motifs is 1. The first-order valence-corrected chi connectivity index (χ1v) is 8.23. The molecule has 0 saturated heterocycles. The summed E-state index contributed by atoms with van der Waals surface area (Å²) in [5, 5.41) is 4.30. The van der Waals surface area contributed by atoms with E-state index in [9.17, 15) is 9.59 Å². The normalized spacial score (nSPS) is 12.1. The topological polar surface area (TPSA) is 108 Å². The second kappa shape index (κ2) is 6.86. The predicted molar refractivity (Wildman–Crippen MR) is 96.4 cm³/mol. The van der Waals surface area contributed by atoms with Gasteiger partial charge in [-0.1, -0.05) is 11.2 Å². The average molecular weight is 363 g/mol. The van der Waals surface area contributed by atoms with Gasteiger partial charge in [-0.2, -0.15) is 0 Å². The number of rotatable bonds is 2. The van der Waals surface area contributed by atoms with Crippen LogP contribution < -0.4 is 5.73 Å². The van der Waals surface area contributed by atoms with E-state index >= 15 is 0 Å². The third kappa shape index (κ3) is 5.11. The maximum atomic E-state index is 12.5. The lowest BCUT2D eigenvalue weighted by molar-refractivity contribution is -0.000239. The molecule has 0 saturated carbocycles. The molecular weight excluding hydrogens is 338 g/mol. The molecule has 1 aromatic heterocycles. The molecule has 0 aliphatic rings. The minimum absolute atomic E-state index is 0.0373. The average Bonchev–Trinajstić information content (AvgIpc) is 2.82. The van der Waals surface area contributed by atoms with Crippen LogP contribution in [-0.4, -0.2) is 33.4 Å². The number of anilines is 1. The molecule has 0 aliphatic heterocycles. The van der Waals surface area contributed by atoms with Crippen LogP contribution in [0.3, 0.4) is 0 Å². The van der Waals surface area contributed by atoms with E-state index < -0.39 is 23.4 Å². The SMILES string of the molecule is CC(C)(C)OC(=O)N(Cc1ccc2onc(N)c2c1)C(=O)OC(C)(C)C. The van der Waals surface area contributed by atoms with Gasteiger partial charge in [-0.3, -0.25) is 0 Å². The van der Waals surface area contributed by atoms with Crippen LogP contribution in [0.4, 0.5) is 15.4 Å². The van der Waals surface area contributed by atoms with Crippen molar-refractivity contribution >= 4 is 29.0 Å². The summed E-state index contributed by atoms with van der Waals surface area (Å²) >= 11 is 0. The largest absolute Gasteiger partial charge is 0.443 e. The molecule has 0 fully saturated rings. The summed E-state index contributed by atoms with van der Waals surface area (Å²) in [4.78, 5) is 26.0. The minimum Gasteiger partial charge on any atom is -0.443 e. The highest BCUT2D eigenvalue weighted by Crippen LogP contribution is 2.23. The molecule has 26 heavy (non-hydrogen) atoms. The first kappa shape index (κ1) is 19.6. The van der Waals surface area contributed by atoms with Gasteiger partial charge < -0.3 is 19.7 Å². The van der Waals surface area contributed by atoms with Crippen molar-refractivity contribution in [3.63, 3.8) is 0 Å². The number of aromatic nitrogens is 1. The molecule has 0 atom stereocenters. The molecule has 8 nitrogen and oxygen atoms in total. The van der Waals surface area contributed by atoms with Crippen LogP contribution in [0.5, 0.6) is 0 Å². The molecule has 8 heteroatoms. The van der Waals surface area contributed by atoms with Gasteiger partial charge >= 0.3 is 12.2 Å². The number of ether oxygens (including phenoxy) is 2. The number of carbonyl (C=O) groups excluding carboxylic acids is 2. The number of carbonyl (C=O) groups is 2. The summed E-state index contributed by atoms with van der Waals surface area (Å²) in [6.07, 6.45) is -1.57. The van der Waals surface area contributed by atoms with Crippen LogP contribution in [-0.2, 0) is 16.0 Å². The number of nitrogens with zero attached hydrogens (tertiary/aromatic N) is 2. The zero-order chi connectivity index (χ0) is 19.7. The maximum Gasteiger partial charge on any atom is 0.420 e. The summed E-state index contributed by atoms with van der Waals surface area (Å²) in [5.41, 5.74) is 5.44. The second-order valence-electron chi connectivity index (χ2n) is 7.95. The van der Waals surface area contributed by atoms with Gasteiger partial charge in [0, 0.05) is 0 Å². The molecule has 2 amide bonds. The quantitative estimate of drug-likeness (QED) is 0.856. The Morgan fingerprint density at radius 1 is 1.08 bits per heavy atom. The van der Waals surface area contributed by atoms with Gasteiger partial charge in [-0.05, 0) is 59.2 Å². The lowest BCUT2D eigenvalue weighted by Crippen LogP contribution is -2.43. The van der Waals surface area contributed by atoms with E-state index in [1.54, 1.807) is 59.7 Å². The molecule has 1 aromatic carbocycles. The summed E-state index contributed by atoms with van der Waals surface area (Å²) in [5.74, 6) is 0.239. The van der Waals surface area contributed by atoms with Gasteiger partial charge in [0.15, 0.2) is 11.4 Å². The zero-order valence-electron chi connectivity index (χ0n) is 16.0. The molecule has 2 N–H and O–H groups in total. The highest BCUT2D eigenvalue weighted by molar-refractivity contribution is 5.89. The van der Waals surface area contributed by atoms with Crippen LogP contribution in [0.2, 0.25) is 0 Å². The van der Waals surface area contributed by atoms with Crippen LogP contribution in [0.25, 0.3) is 11.0 Å². The lowest BCUT2D eigenvalue weighted by atomic mass is 10.1. The molecule has 1 heterocycles. The predicted octanol–water partition coefficient (Wildman–Crippen LogP) is 4.08. The van der Waals surface area contributed by atoms with Gasteiger partial charge in [0.05, 0.1) is 11.9 Å². The Kier molecular flexibility index (Phi) is 5.16. The number of benzene rings is 1. The summed E-state index contributed by atoms with van der Waals surface area (Å²) in [6, 6.07) is 5.11. The first-order valence-electron chi connectivity index (χ1n) is 8.23. The van der Waals surface area contributed by atoms with Crippen molar-refractivity contribution in [3.8, 4) is 0 Å². The molecule has 0 aliphatic carbocycles. The third-order valence-electron chi connectivity index (χ3n) is 3.13. The van der Waals surface area contributed by atoms with Crippen molar-refractivity contribution in [2.24, 2.45) is 0 Å². The van der Waals surface area contributed by atoms with E-state index in [0.717, 1.165) is 4.90 Å². The van der Waals surface area contributed by atoms with E-state index in [0.29, 0.717) is 16.5 Å². The Bertz CT molecular complexity index is 786. The molecule has 0 spiro atoms. The summed E-state index contributed by atoms with van der Waals surface area (Å²) in [6.45, 7) is 10.3. The van der Waals surface area contributed by atoms with Crippen LogP contribution in [0.1, 0.15) is 47.1 Å². The van der Waals surface area contributed by atoms with Crippen molar-refractivity contribution in [2.45, 2.75) is 59.3 Å². The van der Waals surface area contributed by atoms with Crippen molar-refractivity contribution < 1.29 is 23.6 Å². The van der Waals surface area contributed by atoms with Gasteiger partial charge in [-0.25, -0.2) is 14.5 Å². The highest BCUT2D eigenvalue weighted by atomic mass is 16.6. The van der Waals surface area contributed by atoms with E-state index in [1.165, 1.54) is 0 Å². The Hall–Kier alpha value is -2.77. The molecule has 142 valence electrons. The van der Waals surface area contributed by atoms with Crippen LogP contribution in [0, 0.1) is 0 Å². The Balaban J connectivity index is 2.30. The molecule has 0 radical (unpaired) electrons. The Labute approximate surface area is 152 Å². The van der Waals surface area contributed by atoms with Crippen molar-refractivity contribution in [1.29, 1.82) is 0 Å². The number of nitrogens with two attached hydrogens (primary N) is 1. The van der Waals surface area contributed by atoms with E-state index in [-0.39, 0.29) is 12.4 Å².